The molecule has 0 saturated heterocycles. The monoisotopic (exact) mass is 504 g/mol. The van der Waals surface area contributed by atoms with Gasteiger partial charge in [0.05, 0.1) is 12.2 Å². The van der Waals surface area contributed by atoms with Gasteiger partial charge in [-0.3, -0.25) is 0 Å². The van der Waals surface area contributed by atoms with E-state index in [1.54, 1.807) is 4.57 Å². The summed E-state index contributed by atoms with van der Waals surface area (Å²) in [6.45, 7) is 4.17. The number of benzene rings is 1. The number of pyridine rings is 2. The van der Waals surface area contributed by atoms with Crippen molar-refractivity contribution in [2.24, 2.45) is 0 Å². The van der Waals surface area contributed by atoms with E-state index in [1.807, 2.05) is 104 Å². The Kier molecular flexibility index (Phi) is 9.76. The van der Waals surface area contributed by atoms with Crippen LogP contribution >= 0.6 is 0 Å². The number of halogens is 2. The summed E-state index contributed by atoms with van der Waals surface area (Å²) in [7, 11) is 0. The second kappa shape index (κ2) is 11.5. The number of hydrogen-bond donors (Lipinski definition) is 0. The zero-order chi connectivity index (χ0) is 18.4. The van der Waals surface area contributed by atoms with Gasteiger partial charge in [0.1, 0.15) is 0 Å². The Balaban J connectivity index is 0.00000196. The molecule has 0 N–H and O–H groups in total. The molecular formula is C22H22Br2N2O2. The Morgan fingerprint density at radius 2 is 1.32 bits per heavy atom. The van der Waals surface area contributed by atoms with Gasteiger partial charge in [0, 0.05) is 24.3 Å². The fourth-order valence-corrected chi connectivity index (χ4v) is 2.74. The number of rotatable bonds is 5. The summed E-state index contributed by atoms with van der Waals surface area (Å²) in [5.74, 6) is -0.365. The van der Waals surface area contributed by atoms with Crippen molar-refractivity contribution >= 4 is 17.4 Å². The van der Waals surface area contributed by atoms with Crippen molar-refractivity contribution in [3.8, 4) is 0 Å². The predicted molar refractivity (Wildman–Crippen MR) is 99.6 cm³/mol. The van der Waals surface area contributed by atoms with Crippen molar-refractivity contribution in [3.05, 3.63) is 96.6 Å². The highest BCUT2D eigenvalue weighted by molar-refractivity contribution is 6.13. The molecule has 4 nitrogen and oxygen atoms in total. The fourth-order valence-electron chi connectivity index (χ4n) is 2.74. The first-order valence-corrected chi connectivity index (χ1v) is 8.62. The van der Waals surface area contributed by atoms with Crippen molar-refractivity contribution in [3.63, 3.8) is 0 Å². The van der Waals surface area contributed by atoms with E-state index in [2.05, 4.69) is 0 Å². The Morgan fingerprint density at radius 1 is 0.821 bits per heavy atom. The average molecular weight is 506 g/mol. The van der Waals surface area contributed by atoms with Crippen LogP contribution in [0.15, 0.2) is 85.5 Å². The van der Waals surface area contributed by atoms with Gasteiger partial charge < -0.3 is 38.7 Å². The number of hydrogen-bond acceptors (Lipinski definition) is 2. The third-order valence-corrected chi connectivity index (χ3v) is 3.97. The quantitative estimate of drug-likeness (QED) is 0.211. The van der Waals surface area contributed by atoms with Crippen LogP contribution in [0.3, 0.4) is 0 Å². The molecule has 146 valence electrons. The van der Waals surface area contributed by atoms with Crippen LogP contribution in [0.1, 0.15) is 18.1 Å². The first-order chi connectivity index (χ1) is 12.7. The summed E-state index contributed by atoms with van der Waals surface area (Å²) in [4.78, 5) is 12.9. The van der Waals surface area contributed by atoms with Gasteiger partial charge in [0.15, 0.2) is 24.8 Å². The van der Waals surface area contributed by atoms with Crippen LogP contribution in [0.2, 0.25) is 0 Å². The second-order valence-electron chi connectivity index (χ2n) is 5.85. The third kappa shape index (κ3) is 5.59. The van der Waals surface area contributed by atoms with Crippen molar-refractivity contribution in [2.75, 3.05) is 6.61 Å². The molecule has 0 aliphatic carbocycles. The topological polar surface area (TPSA) is 34.1 Å². The fraction of sp³-hybridized carbons (Fsp3) is 0.136. The number of carbonyl (C=O) groups excluding carboxylic acids is 1. The number of esters is 1. The van der Waals surface area contributed by atoms with Crippen LogP contribution in [-0.2, 0) is 9.53 Å². The normalized spacial score (nSPS) is 10.8. The molecule has 1 aromatic carbocycles. The Hall–Kier alpha value is -2.31. The molecule has 0 unspecified atom stereocenters. The molecule has 0 aliphatic rings. The number of ether oxygens (including phenoxy) is 1. The van der Waals surface area contributed by atoms with Crippen LogP contribution in [0.25, 0.3) is 11.4 Å². The van der Waals surface area contributed by atoms with Crippen LogP contribution in [-0.4, -0.2) is 12.6 Å². The summed E-state index contributed by atoms with van der Waals surface area (Å²) in [5, 5.41) is 0. The number of carbonyl (C=O) groups is 1. The minimum Gasteiger partial charge on any atom is -1.00 e. The molecule has 3 rings (SSSR count). The molecule has 0 amide bonds. The maximum Gasteiger partial charge on any atom is 0.411 e. The SMILES string of the molecule is CCOC(=O)C(=C(c1ccc(C)cc1)[n+]1ccccc1)[n+]1ccccc1.[Br-].[Br-]. The Labute approximate surface area is 186 Å². The molecule has 6 heteroatoms. The summed E-state index contributed by atoms with van der Waals surface area (Å²) >= 11 is 0. The molecular weight excluding hydrogens is 484 g/mol. The maximum atomic E-state index is 12.9. The first-order valence-electron chi connectivity index (χ1n) is 8.62. The standard InChI is InChI=1S/C22H22N2O2.2BrH/c1-3-26-22(25)21(24-16-8-5-9-17-24)20(23-14-6-4-7-15-23)19-12-10-18(2)11-13-19;;/h4-17H,3H2,1-2H3;2*1H/q+2;;/p-2. The van der Waals surface area contributed by atoms with Gasteiger partial charge in [-0.2, -0.15) is 9.13 Å². The lowest BCUT2D eigenvalue weighted by Crippen LogP contribution is -3.00. The molecule has 0 saturated carbocycles. The third-order valence-electron chi connectivity index (χ3n) is 3.97. The first kappa shape index (κ1) is 23.7. The van der Waals surface area contributed by atoms with Gasteiger partial charge in [-0.1, -0.05) is 29.8 Å². The molecule has 28 heavy (non-hydrogen) atoms. The summed E-state index contributed by atoms with van der Waals surface area (Å²) < 4.78 is 9.12. The van der Waals surface area contributed by atoms with Crippen LogP contribution in [0.4, 0.5) is 0 Å². The number of aromatic nitrogens is 2. The zero-order valence-electron chi connectivity index (χ0n) is 15.8. The van der Waals surface area contributed by atoms with Crippen LogP contribution in [0.5, 0.6) is 0 Å². The van der Waals surface area contributed by atoms with E-state index in [9.17, 15) is 4.79 Å². The molecule has 0 aliphatic heterocycles. The highest BCUT2D eigenvalue weighted by atomic mass is 79.9. The lowest BCUT2D eigenvalue weighted by atomic mass is 10.1. The number of aryl methyl sites for hydroxylation is 1. The van der Waals surface area contributed by atoms with Gasteiger partial charge in [-0.15, -0.1) is 0 Å². The summed E-state index contributed by atoms with van der Waals surface area (Å²) in [6, 6.07) is 19.6. The van der Waals surface area contributed by atoms with Crippen molar-refractivity contribution in [2.45, 2.75) is 13.8 Å². The minimum absolute atomic E-state index is 0. The van der Waals surface area contributed by atoms with E-state index < -0.39 is 0 Å². The maximum absolute atomic E-state index is 12.9. The molecule has 0 atom stereocenters. The van der Waals surface area contributed by atoms with Crippen LogP contribution in [0, 0.1) is 6.92 Å². The van der Waals surface area contributed by atoms with E-state index in [-0.39, 0.29) is 39.9 Å². The Morgan fingerprint density at radius 3 is 1.82 bits per heavy atom. The van der Waals surface area contributed by atoms with E-state index in [0.29, 0.717) is 12.3 Å². The van der Waals surface area contributed by atoms with Gasteiger partial charge >= 0.3 is 11.7 Å². The van der Waals surface area contributed by atoms with E-state index in [1.165, 1.54) is 0 Å². The number of nitrogens with zero attached hydrogens (tertiary/aromatic N) is 2. The van der Waals surface area contributed by atoms with Crippen molar-refractivity contribution < 1.29 is 52.6 Å². The minimum atomic E-state index is -0.365. The van der Waals surface area contributed by atoms with E-state index in [0.717, 1.165) is 16.8 Å². The van der Waals surface area contributed by atoms with Crippen LogP contribution < -0.4 is 43.1 Å². The van der Waals surface area contributed by atoms with E-state index >= 15 is 0 Å². The van der Waals surface area contributed by atoms with Gasteiger partial charge in [0.2, 0.25) is 0 Å². The molecule has 0 bridgehead atoms. The molecule has 0 fully saturated rings. The summed E-state index contributed by atoms with van der Waals surface area (Å²) in [5.41, 5.74) is 3.33. The molecule has 0 spiro atoms. The van der Waals surface area contributed by atoms with Gasteiger partial charge in [-0.25, -0.2) is 4.79 Å². The smallest absolute Gasteiger partial charge is 0.411 e. The lowest BCUT2D eigenvalue weighted by molar-refractivity contribution is -0.606. The second-order valence-corrected chi connectivity index (χ2v) is 5.85. The molecule has 2 heterocycles. The molecule has 2 aromatic heterocycles. The summed E-state index contributed by atoms with van der Waals surface area (Å²) in [6.07, 6.45) is 7.56. The van der Waals surface area contributed by atoms with Gasteiger partial charge in [-0.05, 0) is 26.0 Å². The highest BCUT2D eigenvalue weighted by Crippen LogP contribution is 2.18. The largest absolute Gasteiger partial charge is 1.00 e. The van der Waals surface area contributed by atoms with Crippen molar-refractivity contribution in [1.82, 2.24) is 0 Å². The van der Waals surface area contributed by atoms with Gasteiger partial charge in [0.25, 0.3) is 5.70 Å². The van der Waals surface area contributed by atoms with Crippen molar-refractivity contribution in [1.29, 1.82) is 0 Å². The predicted octanol–water partition coefficient (Wildman–Crippen LogP) is -2.98. The lowest BCUT2D eigenvalue weighted by Gasteiger charge is -2.07. The Bertz CT molecular complexity index is 912. The highest BCUT2D eigenvalue weighted by Gasteiger charge is 2.34. The zero-order valence-corrected chi connectivity index (χ0v) is 18.9. The average Bonchev–Trinajstić information content (AvgIpc) is 2.68. The molecule has 0 radical (unpaired) electrons. The van der Waals surface area contributed by atoms with E-state index in [4.69, 9.17) is 4.74 Å². The molecule has 3 aromatic rings.